The van der Waals surface area contributed by atoms with Crippen LogP contribution in [0.4, 0.5) is 0 Å². The van der Waals surface area contributed by atoms with Crippen molar-refractivity contribution in [2.45, 2.75) is 57.0 Å². The van der Waals surface area contributed by atoms with Crippen molar-refractivity contribution in [3.05, 3.63) is 71.8 Å². The van der Waals surface area contributed by atoms with Crippen molar-refractivity contribution in [3.63, 3.8) is 0 Å². The SMILES string of the molecule is CCCCC(CCCC(N)N)(c1ccccc1)c1ccccc1. The highest BCUT2D eigenvalue weighted by molar-refractivity contribution is 5.39. The molecule has 2 nitrogen and oxygen atoms in total. The van der Waals surface area contributed by atoms with E-state index in [0.29, 0.717) is 0 Å². The minimum Gasteiger partial charge on any atom is -0.316 e. The maximum absolute atomic E-state index is 5.78. The molecule has 0 bridgehead atoms. The van der Waals surface area contributed by atoms with Crippen molar-refractivity contribution in [1.82, 2.24) is 0 Å². The molecule has 0 aliphatic carbocycles. The Morgan fingerprint density at radius 1 is 0.783 bits per heavy atom. The Bertz CT molecular complexity index is 509. The van der Waals surface area contributed by atoms with Crippen LogP contribution in [0.2, 0.25) is 0 Å². The van der Waals surface area contributed by atoms with Gasteiger partial charge in [-0.1, -0.05) is 80.4 Å². The third kappa shape index (κ3) is 4.66. The lowest BCUT2D eigenvalue weighted by molar-refractivity contribution is 0.393. The first-order chi connectivity index (χ1) is 11.2. The Morgan fingerprint density at radius 3 is 1.70 bits per heavy atom. The second kappa shape index (κ2) is 8.85. The van der Waals surface area contributed by atoms with E-state index < -0.39 is 0 Å². The quantitative estimate of drug-likeness (QED) is 0.666. The fourth-order valence-electron chi connectivity index (χ4n) is 3.50. The summed E-state index contributed by atoms with van der Waals surface area (Å²) in [4.78, 5) is 0. The molecule has 2 rings (SSSR count). The highest BCUT2D eigenvalue weighted by atomic mass is 14.8. The van der Waals surface area contributed by atoms with Gasteiger partial charge < -0.3 is 11.5 Å². The summed E-state index contributed by atoms with van der Waals surface area (Å²) in [5.74, 6) is 0. The molecule has 0 aromatic heterocycles. The molecule has 0 aliphatic rings. The molecule has 4 N–H and O–H groups in total. The first-order valence-corrected chi connectivity index (χ1v) is 8.81. The Balaban J connectivity index is 2.40. The average Bonchev–Trinajstić information content (AvgIpc) is 2.59. The lowest BCUT2D eigenvalue weighted by Crippen LogP contribution is -2.32. The van der Waals surface area contributed by atoms with Crippen molar-refractivity contribution in [2.75, 3.05) is 0 Å². The van der Waals surface area contributed by atoms with Gasteiger partial charge in [0.05, 0.1) is 6.17 Å². The van der Waals surface area contributed by atoms with Crippen molar-refractivity contribution >= 4 is 0 Å². The molecule has 0 heterocycles. The number of hydrogen-bond donors (Lipinski definition) is 2. The molecular formula is C21H30N2. The van der Waals surface area contributed by atoms with E-state index in [1.807, 2.05) is 0 Å². The van der Waals surface area contributed by atoms with E-state index in [9.17, 15) is 0 Å². The maximum Gasteiger partial charge on any atom is 0.0520 e. The predicted octanol–water partition coefficient (Wildman–Crippen LogP) is 4.58. The molecule has 0 spiro atoms. The van der Waals surface area contributed by atoms with Crippen LogP contribution >= 0.6 is 0 Å². The summed E-state index contributed by atoms with van der Waals surface area (Å²) >= 11 is 0. The fourth-order valence-corrected chi connectivity index (χ4v) is 3.50. The van der Waals surface area contributed by atoms with Crippen LogP contribution in [0.25, 0.3) is 0 Å². The van der Waals surface area contributed by atoms with Gasteiger partial charge in [0.25, 0.3) is 0 Å². The second-order valence-electron chi connectivity index (χ2n) is 6.47. The summed E-state index contributed by atoms with van der Waals surface area (Å²) in [7, 11) is 0. The molecule has 0 radical (unpaired) electrons. The van der Waals surface area contributed by atoms with Crippen molar-refractivity contribution in [2.24, 2.45) is 11.5 Å². The van der Waals surface area contributed by atoms with Gasteiger partial charge in [-0.2, -0.15) is 0 Å². The Hall–Kier alpha value is -1.64. The number of benzene rings is 2. The van der Waals surface area contributed by atoms with Gasteiger partial charge in [-0.25, -0.2) is 0 Å². The van der Waals surface area contributed by atoms with Gasteiger partial charge >= 0.3 is 0 Å². The van der Waals surface area contributed by atoms with Crippen LogP contribution in [0.15, 0.2) is 60.7 Å². The standard InChI is InChI=1S/C21H30N2/c1-2-3-16-21(17-10-15-20(22)23,18-11-6-4-7-12-18)19-13-8-5-9-14-19/h4-9,11-14,20H,2-3,10,15-17,22-23H2,1H3. The zero-order valence-electron chi connectivity index (χ0n) is 14.2. The zero-order chi connectivity index (χ0) is 16.5. The number of rotatable bonds is 9. The van der Waals surface area contributed by atoms with Crippen molar-refractivity contribution < 1.29 is 0 Å². The van der Waals surface area contributed by atoms with E-state index in [1.54, 1.807) is 0 Å². The van der Waals surface area contributed by atoms with Crippen molar-refractivity contribution in [3.8, 4) is 0 Å². The third-order valence-corrected chi connectivity index (χ3v) is 4.75. The summed E-state index contributed by atoms with van der Waals surface area (Å²) in [6.07, 6.45) is 6.38. The van der Waals surface area contributed by atoms with Crippen LogP contribution in [0.5, 0.6) is 0 Å². The topological polar surface area (TPSA) is 52.0 Å². The predicted molar refractivity (Wildman–Crippen MR) is 99.2 cm³/mol. The largest absolute Gasteiger partial charge is 0.316 e. The van der Waals surface area contributed by atoms with E-state index in [-0.39, 0.29) is 11.6 Å². The molecule has 0 fully saturated rings. The zero-order valence-corrected chi connectivity index (χ0v) is 14.2. The first-order valence-electron chi connectivity index (χ1n) is 8.81. The van der Waals surface area contributed by atoms with Gasteiger partial charge in [0, 0.05) is 5.41 Å². The molecule has 2 heteroatoms. The molecule has 0 atom stereocenters. The minimum atomic E-state index is -0.217. The highest BCUT2D eigenvalue weighted by Crippen LogP contribution is 2.41. The Kier molecular flexibility index (Phi) is 6.82. The number of unbranched alkanes of at least 4 members (excludes halogenated alkanes) is 1. The molecule has 0 amide bonds. The van der Waals surface area contributed by atoms with Crippen LogP contribution in [-0.2, 0) is 5.41 Å². The monoisotopic (exact) mass is 310 g/mol. The molecule has 0 saturated heterocycles. The molecule has 0 aliphatic heterocycles. The minimum absolute atomic E-state index is 0.0629. The lowest BCUT2D eigenvalue weighted by atomic mass is 9.68. The summed E-state index contributed by atoms with van der Waals surface area (Å²) in [5, 5.41) is 0. The highest BCUT2D eigenvalue weighted by Gasteiger charge is 2.32. The van der Waals surface area contributed by atoms with E-state index in [0.717, 1.165) is 25.7 Å². The van der Waals surface area contributed by atoms with Gasteiger partial charge in [0.1, 0.15) is 0 Å². The molecule has 23 heavy (non-hydrogen) atoms. The molecule has 0 saturated carbocycles. The third-order valence-electron chi connectivity index (χ3n) is 4.75. The van der Waals surface area contributed by atoms with Crippen LogP contribution in [0, 0.1) is 0 Å². The number of nitrogens with two attached hydrogens (primary N) is 2. The first kappa shape index (κ1) is 17.7. The van der Waals surface area contributed by atoms with Gasteiger partial charge in [0.15, 0.2) is 0 Å². The smallest absolute Gasteiger partial charge is 0.0520 e. The van der Waals surface area contributed by atoms with Crippen LogP contribution in [-0.4, -0.2) is 6.17 Å². The van der Waals surface area contributed by atoms with E-state index >= 15 is 0 Å². The average molecular weight is 310 g/mol. The molecule has 124 valence electrons. The number of hydrogen-bond acceptors (Lipinski definition) is 2. The molecule has 0 unspecified atom stereocenters. The lowest BCUT2D eigenvalue weighted by Gasteiger charge is -2.36. The second-order valence-corrected chi connectivity index (χ2v) is 6.47. The van der Waals surface area contributed by atoms with Crippen LogP contribution in [0.3, 0.4) is 0 Å². The van der Waals surface area contributed by atoms with E-state index in [2.05, 4.69) is 67.6 Å². The molecular weight excluding hydrogens is 280 g/mol. The van der Waals surface area contributed by atoms with Gasteiger partial charge in [0.2, 0.25) is 0 Å². The van der Waals surface area contributed by atoms with Gasteiger partial charge in [-0.05, 0) is 36.8 Å². The maximum atomic E-state index is 5.78. The van der Waals surface area contributed by atoms with Crippen LogP contribution < -0.4 is 11.5 Å². The van der Waals surface area contributed by atoms with Gasteiger partial charge in [-0.3, -0.25) is 0 Å². The summed E-state index contributed by atoms with van der Waals surface area (Å²) in [6.45, 7) is 2.26. The Labute approximate surface area is 140 Å². The summed E-state index contributed by atoms with van der Waals surface area (Å²) in [6, 6.07) is 21.8. The summed E-state index contributed by atoms with van der Waals surface area (Å²) in [5.41, 5.74) is 14.4. The van der Waals surface area contributed by atoms with Gasteiger partial charge in [-0.15, -0.1) is 0 Å². The van der Waals surface area contributed by atoms with E-state index in [1.165, 1.54) is 24.0 Å². The van der Waals surface area contributed by atoms with E-state index in [4.69, 9.17) is 11.5 Å². The Morgan fingerprint density at radius 2 is 1.26 bits per heavy atom. The normalized spacial score (nSPS) is 11.8. The van der Waals surface area contributed by atoms with Crippen LogP contribution in [0.1, 0.15) is 56.6 Å². The molecule has 2 aromatic rings. The van der Waals surface area contributed by atoms with Crippen molar-refractivity contribution in [1.29, 1.82) is 0 Å². The fraction of sp³-hybridized carbons (Fsp3) is 0.429. The molecule has 2 aromatic carbocycles. The summed E-state index contributed by atoms with van der Waals surface area (Å²) < 4.78 is 0.